The lowest BCUT2D eigenvalue weighted by Gasteiger charge is -2.32. The molecule has 18 heavy (non-hydrogen) atoms. The highest BCUT2D eigenvalue weighted by Gasteiger charge is 2.32. The molecule has 0 saturated carbocycles. The molecule has 0 aliphatic carbocycles. The van der Waals surface area contributed by atoms with Crippen LogP contribution >= 0.6 is 0 Å². The van der Waals surface area contributed by atoms with E-state index >= 15 is 0 Å². The molecular formula is C14H18N2O2. The van der Waals surface area contributed by atoms with Crippen LogP contribution in [0.25, 0.3) is 0 Å². The number of rotatable bonds is 3. The molecule has 4 heteroatoms. The molecule has 96 valence electrons. The molecule has 2 unspecified atom stereocenters. The molecule has 0 bridgehead atoms. The molecule has 1 amide bonds. The van der Waals surface area contributed by atoms with E-state index in [-0.39, 0.29) is 17.9 Å². The van der Waals surface area contributed by atoms with Crippen molar-refractivity contribution in [1.29, 1.82) is 0 Å². The quantitative estimate of drug-likeness (QED) is 0.839. The highest BCUT2D eigenvalue weighted by Crippen LogP contribution is 2.32. The summed E-state index contributed by atoms with van der Waals surface area (Å²) in [6.07, 6.45) is 0. The van der Waals surface area contributed by atoms with Gasteiger partial charge in [-0.15, -0.1) is 0 Å². The van der Waals surface area contributed by atoms with Gasteiger partial charge in [0.15, 0.2) is 0 Å². The zero-order chi connectivity index (χ0) is 12.5. The maximum Gasteiger partial charge on any atom is 0.223 e. The van der Waals surface area contributed by atoms with E-state index in [0.29, 0.717) is 12.5 Å². The minimum Gasteiger partial charge on any atom is -0.491 e. The third-order valence-electron chi connectivity index (χ3n) is 3.95. The molecule has 1 aromatic rings. The Morgan fingerprint density at radius 1 is 1.44 bits per heavy atom. The molecule has 1 aromatic carbocycles. The summed E-state index contributed by atoms with van der Waals surface area (Å²) in [6, 6.07) is 7.89. The summed E-state index contributed by atoms with van der Waals surface area (Å²) in [5.74, 6) is 1.56. The van der Waals surface area contributed by atoms with Crippen molar-refractivity contribution in [2.75, 3.05) is 19.7 Å². The highest BCUT2D eigenvalue weighted by molar-refractivity contribution is 5.79. The van der Waals surface area contributed by atoms with Gasteiger partial charge in [0.2, 0.25) is 5.91 Å². The summed E-state index contributed by atoms with van der Waals surface area (Å²) in [6.45, 7) is 4.45. The first kappa shape index (κ1) is 11.5. The third-order valence-corrected chi connectivity index (χ3v) is 3.95. The van der Waals surface area contributed by atoms with Gasteiger partial charge in [-0.25, -0.2) is 0 Å². The van der Waals surface area contributed by atoms with Crippen LogP contribution in [-0.2, 0) is 4.79 Å². The second-order valence-corrected chi connectivity index (χ2v) is 5.12. The Kier molecular flexibility index (Phi) is 2.96. The van der Waals surface area contributed by atoms with E-state index in [9.17, 15) is 4.79 Å². The molecular weight excluding hydrogens is 228 g/mol. The van der Waals surface area contributed by atoms with Crippen LogP contribution in [0.5, 0.6) is 5.75 Å². The highest BCUT2D eigenvalue weighted by atomic mass is 16.5. The number of carbonyl (C=O) groups is 1. The predicted octanol–water partition coefficient (Wildman–Crippen LogP) is 1.09. The Morgan fingerprint density at radius 3 is 2.94 bits per heavy atom. The second-order valence-electron chi connectivity index (χ2n) is 5.12. The van der Waals surface area contributed by atoms with Gasteiger partial charge in [0, 0.05) is 11.5 Å². The van der Waals surface area contributed by atoms with Gasteiger partial charge in [0.25, 0.3) is 0 Å². The molecule has 0 aromatic heterocycles. The van der Waals surface area contributed by atoms with E-state index in [2.05, 4.69) is 10.6 Å². The number of hydrogen-bond donors (Lipinski definition) is 2. The van der Waals surface area contributed by atoms with Gasteiger partial charge in [0.05, 0.1) is 6.04 Å². The predicted molar refractivity (Wildman–Crippen MR) is 68.3 cm³/mol. The molecule has 0 spiro atoms. The fourth-order valence-corrected chi connectivity index (χ4v) is 2.46. The lowest BCUT2D eigenvalue weighted by molar-refractivity contribution is -0.127. The Bertz CT molecular complexity index is 457. The van der Waals surface area contributed by atoms with Crippen LogP contribution in [0.15, 0.2) is 24.3 Å². The number of hydrogen-bond acceptors (Lipinski definition) is 3. The number of ether oxygens (including phenoxy) is 1. The zero-order valence-electron chi connectivity index (χ0n) is 10.5. The number of amides is 1. The zero-order valence-corrected chi connectivity index (χ0v) is 10.5. The first-order valence-corrected chi connectivity index (χ1v) is 6.48. The van der Waals surface area contributed by atoms with Crippen LogP contribution in [0.3, 0.4) is 0 Å². The standard InChI is InChI=1S/C14H18N2O2/c1-9(10-6-15-7-10)14(17)16-12-8-18-13-5-3-2-4-11(12)13/h2-5,9-10,12,15H,6-8H2,1H3,(H,16,17). The van der Waals surface area contributed by atoms with Crippen LogP contribution in [0, 0.1) is 11.8 Å². The minimum absolute atomic E-state index is 0.00388. The molecule has 2 N–H and O–H groups in total. The topological polar surface area (TPSA) is 50.4 Å². The van der Waals surface area contributed by atoms with E-state index in [1.165, 1.54) is 0 Å². The molecule has 2 aliphatic rings. The van der Waals surface area contributed by atoms with Crippen molar-refractivity contribution in [3.05, 3.63) is 29.8 Å². The molecule has 0 radical (unpaired) electrons. The van der Waals surface area contributed by atoms with Crippen molar-refractivity contribution in [3.63, 3.8) is 0 Å². The first-order chi connectivity index (χ1) is 8.75. The largest absolute Gasteiger partial charge is 0.491 e. The Morgan fingerprint density at radius 2 is 2.22 bits per heavy atom. The lowest BCUT2D eigenvalue weighted by Crippen LogP contribution is -2.50. The number of nitrogens with one attached hydrogen (secondary N) is 2. The fraction of sp³-hybridized carbons (Fsp3) is 0.500. The van der Waals surface area contributed by atoms with E-state index in [1.54, 1.807) is 0 Å². The summed E-state index contributed by atoms with van der Waals surface area (Å²) >= 11 is 0. The number of fused-ring (bicyclic) bond motifs is 1. The Labute approximate surface area is 107 Å². The minimum atomic E-state index is 0.00388. The SMILES string of the molecule is CC(C(=O)NC1COc2ccccc21)C1CNC1. The van der Waals surface area contributed by atoms with Crippen molar-refractivity contribution in [1.82, 2.24) is 10.6 Å². The number of para-hydroxylation sites is 1. The van der Waals surface area contributed by atoms with Gasteiger partial charge in [-0.1, -0.05) is 25.1 Å². The smallest absolute Gasteiger partial charge is 0.223 e. The fourth-order valence-electron chi connectivity index (χ4n) is 2.46. The van der Waals surface area contributed by atoms with Crippen LogP contribution in [0.4, 0.5) is 0 Å². The van der Waals surface area contributed by atoms with Crippen LogP contribution in [0.2, 0.25) is 0 Å². The monoisotopic (exact) mass is 246 g/mol. The van der Waals surface area contributed by atoms with Crippen molar-refractivity contribution >= 4 is 5.91 Å². The summed E-state index contributed by atoms with van der Waals surface area (Å²) in [5, 5.41) is 6.29. The summed E-state index contributed by atoms with van der Waals surface area (Å²) in [7, 11) is 0. The van der Waals surface area contributed by atoms with Gasteiger partial charge in [0.1, 0.15) is 12.4 Å². The molecule has 1 saturated heterocycles. The molecule has 2 atom stereocenters. The van der Waals surface area contributed by atoms with Crippen molar-refractivity contribution in [3.8, 4) is 5.75 Å². The molecule has 2 aliphatic heterocycles. The second kappa shape index (κ2) is 4.61. The molecule has 1 fully saturated rings. The summed E-state index contributed by atoms with van der Waals surface area (Å²) < 4.78 is 5.57. The van der Waals surface area contributed by atoms with Gasteiger partial charge in [-0.2, -0.15) is 0 Å². The van der Waals surface area contributed by atoms with Gasteiger partial charge in [-0.3, -0.25) is 4.79 Å². The maximum atomic E-state index is 12.1. The average molecular weight is 246 g/mol. The number of carbonyl (C=O) groups excluding carboxylic acids is 1. The van der Waals surface area contributed by atoms with Crippen molar-refractivity contribution < 1.29 is 9.53 Å². The van der Waals surface area contributed by atoms with Gasteiger partial charge >= 0.3 is 0 Å². The maximum absolute atomic E-state index is 12.1. The van der Waals surface area contributed by atoms with Crippen LogP contribution in [-0.4, -0.2) is 25.6 Å². The Hall–Kier alpha value is -1.55. The van der Waals surface area contributed by atoms with E-state index < -0.39 is 0 Å². The number of benzene rings is 1. The lowest BCUT2D eigenvalue weighted by atomic mass is 9.88. The summed E-state index contributed by atoms with van der Waals surface area (Å²) in [5.41, 5.74) is 1.09. The van der Waals surface area contributed by atoms with E-state index in [4.69, 9.17) is 4.74 Å². The average Bonchev–Trinajstić information content (AvgIpc) is 2.70. The molecule has 3 rings (SSSR count). The first-order valence-electron chi connectivity index (χ1n) is 6.48. The van der Waals surface area contributed by atoms with Crippen molar-refractivity contribution in [2.45, 2.75) is 13.0 Å². The van der Waals surface area contributed by atoms with Crippen molar-refractivity contribution in [2.24, 2.45) is 11.8 Å². The third kappa shape index (κ3) is 1.97. The summed E-state index contributed by atoms with van der Waals surface area (Å²) in [4.78, 5) is 12.1. The van der Waals surface area contributed by atoms with Gasteiger partial charge in [-0.05, 0) is 25.1 Å². The van der Waals surface area contributed by atoms with E-state index in [0.717, 1.165) is 24.4 Å². The van der Waals surface area contributed by atoms with E-state index in [1.807, 2.05) is 31.2 Å². The Balaban J connectivity index is 1.65. The van der Waals surface area contributed by atoms with Gasteiger partial charge < -0.3 is 15.4 Å². The molecule has 4 nitrogen and oxygen atoms in total. The van der Waals surface area contributed by atoms with Crippen LogP contribution in [0.1, 0.15) is 18.5 Å². The van der Waals surface area contributed by atoms with Crippen LogP contribution < -0.4 is 15.4 Å². The molecule has 2 heterocycles. The normalized spacial score (nSPS) is 23.7.